The van der Waals surface area contributed by atoms with Crippen LogP contribution in [0.1, 0.15) is 11.1 Å². The summed E-state index contributed by atoms with van der Waals surface area (Å²) in [4.78, 5) is 0. The minimum absolute atomic E-state index is 0.976. The maximum atomic E-state index is 3.02. The lowest BCUT2D eigenvalue weighted by Crippen LogP contribution is -1.78. The summed E-state index contributed by atoms with van der Waals surface area (Å²) >= 11 is 0. The smallest absolute Gasteiger partial charge is 0.00941 e. The van der Waals surface area contributed by atoms with Gasteiger partial charge in [-0.25, -0.2) is 0 Å². The van der Waals surface area contributed by atoms with E-state index in [1.165, 1.54) is 11.1 Å². The summed E-state index contributed by atoms with van der Waals surface area (Å²) in [5, 5.41) is 0. The third-order valence-electron chi connectivity index (χ3n) is 2.25. The molecule has 0 aromatic heterocycles. The predicted molar refractivity (Wildman–Crippen MR) is 64.5 cm³/mol. The van der Waals surface area contributed by atoms with E-state index in [2.05, 4.69) is 54.6 Å². The average Bonchev–Trinajstić information content (AvgIpc) is 2.32. The molecule has 0 nitrogen and oxygen atoms in total. The topological polar surface area (TPSA) is 0 Å². The van der Waals surface area contributed by atoms with Gasteiger partial charge in [-0.1, -0.05) is 66.7 Å². The van der Waals surface area contributed by atoms with Crippen LogP contribution in [0.4, 0.5) is 0 Å². The Hall–Kier alpha value is -1.82. The highest BCUT2D eigenvalue weighted by molar-refractivity contribution is 5.49. The number of allylic oxidation sites excluding steroid dienone is 1. The van der Waals surface area contributed by atoms with Crippen LogP contribution in [0.3, 0.4) is 0 Å². The van der Waals surface area contributed by atoms with Crippen molar-refractivity contribution in [2.45, 2.75) is 6.42 Å². The predicted octanol–water partition coefficient (Wildman–Crippen LogP) is 3.74. The second-order valence-electron chi connectivity index (χ2n) is 3.43. The second-order valence-corrected chi connectivity index (χ2v) is 3.43. The fourth-order valence-corrected chi connectivity index (χ4v) is 1.45. The molecule has 15 heavy (non-hydrogen) atoms. The average molecular weight is 193 g/mol. The molecule has 0 aliphatic carbocycles. The zero-order chi connectivity index (χ0) is 10.3. The van der Waals surface area contributed by atoms with Crippen LogP contribution in [0.5, 0.6) is 0 Å². The molecule has 2 rings (SSSR count). The van der Waals surface area contributed by atoms with Gasteiger partial charge in [-0.15, -0.1) is 0 Å². The quantitative estimate of drug-likeness (QED) is 0.696. The van der Waals surface area contributed by atoms with Crippen molar-refractivity contribution in [1.82, 2.24) is 0 Å². The minimum Gasteiger partial charge on any atom is -0.0795 e. The number of hydrogen-bond acceptors (Lipinski definition) is 0. The monoisotopic (exact) mass is 193 g/mol. The summed E-state index contributed by atoms with van der Waals surface area (Å²) in [5.74, 6) is 0. The number of rotatable bonds is 3. The first-order valence-corrected chi connectivity index (χ1v) is 5.12. The summed E-state index contributed by atoms with van der Waals surface area (Å²) in [6.45, 7) is 0. The highest BCUT2D eigenvalue weighted by Crippen LogP contribution is 2.04. The van der Waals surface area contributed by atoms with Crippen LogP contribution in [0, 0.1) is 6.07 Å². The van der Waals surface area contributed by atoms with Crippen molar-refractivity contribution in [2.75, 3.05) is 0 Å². The van der Waals surface area contributed by atoms with Crippen molar-refractivity contribution in [3.05, 3.63) is 77.9 Å². The molecule has 2 aromatic rings. The Kier molecular flexibility index (Phi) is 3.34. The molecule has 0 aliphatic heterocycles. The summed E-state index contributed by atoms with van der Waals surface area (Å²) < 4.78 is 0. The van der Waals surface area contributed by atoms with Gasteiger partial charge in [0.2, 0.25) is 0 Å². The highest BCUT2D eigenvalue weighted by atomic mass is 13.9. The Balaban J connectivity index is 1.97. The molecule has 0 heteroatoms. The normalized spacial score (nSPS) is 10.7. The first-order chi connectivity index (χ1) is 7.45. The van der Waals surface area contributed by atoms with Gasteiger partial charge in [0, 0.05) is 0 Å². The van der Waals surface area contributed by atoms with Gasteiger partial charge >= 0.3 is 0 Å². The van der Waals surface area contributed by atoms with Gasteiger partial charge in [0.1, 0.15) is 0 Å². The van der Waals surface area contributed by atoms with Gasteiger partial charge in [0.15, 0.2) is 0 Å². The Labute approximate surface area is 90.9 Å². The molecule has 0 saturated carbocycles. The van der Waals surface area contributed by atoms with Gasteiger partial charge in [0.25, 0.3) is 0 Å². The van der Waals surface area contributed by atoms with Gasteiger partial charge in [-0.05, 0) is 23.6 Å². The molecular weight excluding hydrogens is 180 g/mol. The minimum atomic E-state index is 0.976. The van der Waals surface area contributed by atoms with Gasteiger partial charge in [-0.3, -0.25) is 0 Å². The second kappa shape index (κ2) is 5.16. The Morgan fingerprint density at radius 3 is 2.40 bits per heavy atom. The van der Waals surface area contributed by atoms with E-state index in [9.17, 15) is 0 Å². The molecule has 73 valence electrons. The van der Waals surface area contributed by atoms with E-state index in [0.29, 0.717) is 0 Å². The van der Waals surface area contributed by atoms with Crippen molar-refractivity contribution < 1.29 is 0 Å². The van der Waals surface area contributed by atoms with E-state index in [0.717, 1.165) is 6.42 Å². The molecule has 0 bridgehead atoms. The molecule has 0 aliphatic rings. The zero-order valence-corrected chi connectivity index (χ0v) is 8.56. The van der Waals surface area contributed by atoms with Crippen molar-refractivity contribution in [2.24, 2.45) is 0 Å². The van der Waals surface area contributed by atoms with E-state index in [-0.39, 0.29) is 0 Å². The lowest BCUT2D eigenvalue weighted by Gasteiger charge is -1.94. The Bertz CT molecular complexity index is 412. The first kappa shape index (κ1) is 9.72. The number of hydrogen-bond donors (Lipinski definition) is 0. The lowest BCUT2D eigenvalue weighted by molar-refractivity contribution is 1.28. The maximum Gasteiger partial charge on any atom is -0.00941 e. The summed E-state index contributed by atoms with van der Waals surface area (Å²) in [6.07, 6.45) is 5.31. The molecular formula is C15H13. The van der Waals surface area contributed by atoms with Gasteiger partial charge in [-0.2, -0.15) is 0 Å². The SMILES string of the molecule is [c]1ccc(C/C=C/c2ccccc2)cc1. The molecule has 0 heterocycles. The fourth-order valence-electron chi connectivity index (χ4n) is 1.45. The lowest BCUT2D eigenvalue weighted by atomic mass is 10.1. The van der Waals surface area contributed by atoms with E-state index in [1.807, 2.05) is 18.2 Å². The summed E-state index contributed by atoms with van der Waals surface area (Å²) in [5.41, 5.74) is 2.57. The zero-order valence-electron chi connectivity index (χ0n) is 8.56. The van der Waals surface area contributed by atoms with Crippen LogP contribution in [0.15, 0.2) is 60.7 Å². The standard InChI is InChI=1S/C15H13/c1-3-8-14(9-4-1)12-7-13-15-10-5-2-6-11-15/h1,3-12H,13H2/b12-7+. The third kappa shape index (κ3) is 3.10. The van der Waals surface area contributed by atoms with Crippen LogP contribution in [0.2, 0.25) is 0 Å². The van der Waals surface area contributed by atoms with E-state index < -0.39 is 0 Å². The molecule has 0 unspecified atom stereocenters. The molecule has 0 N–H and O–H groups in total. The number of benzene rings is 2. The Morgan fingerprint density at radius 1 is 0.933 bits per heavy atom. The van der Waals surface area contributed by atoms with E-state index in [1.54, 1.807) is 0 Å². The molecule has 0 atom stereocenters. The van der Waals surface area contributed by atoms with Crippen LogP contribution in [-0.4, -0.2) is 0 Å². The van der Waals surface area contributed by atoms with Crippen molar-refractivity contribution in [3.63, 3.8) is 0 Å². The molecule has 0 fully saturated rings. The molecule has 0 spiro atoms. The Morgan fingerprint density at radius 2 is 1.67 bits per heavy atom. The van der Waals surface area contributed by atoms with Gasteiger partial charge in [0.05, 0.1) is 0 Å². The highest BCUT2D eigenvalue weighted by Gasteiger charge is 1.86. The van der Waals surface area contributed by atoms with Crippen molar-refractivity contribution in [3.8, 4) is 0 Å². The van der Waals surface area contributed by atoms with Crippen molar-refractivity contribution >= 4 is 6.08 Å². The third-order valence-corrected chi connectivity index (χ3v) is 2.25. The first-order valence-electron chi connectivity index (χ1n) is 5.12. The largest absolute Gasteiger partial charge is 0.0795 e. The fraction of sp³-hybridized carbons (Fsp3) is 0.0667. The summed E-state index contributed by atoms with van der Waals surface area (Å²) in [7, 11) is 0. The van der Waals surface area contributed by atoms with Gasteiger partial charge < -0.3 is 0 Å². The van der Waals surface area contributed by atoms with Crippen molar-refractivity contribution in [1.29, 1.82) is 0 Å². The van der Waals surface area contributed by atoms with Crippen LogP contribution < -0.4 is 0 Å². The van der Waals surface area contributed by atoms with Crippen LogP contribution in [-0.2, 0) is 6.42 Å². The van der Waals surface area contributed by atoms with Crippen LogP contribution in [0.25, 0.3) is 6.08 Å². The van der Waals surface area contributed by atoms with Crippen LogP contribution >= 0.6 is 0 Å². The van der Waals surface area contributed by atoms with E-state index in [4.69, 9.17) is 0 Å². The molecule has 0 amide bonds. The molecule has 0 saturated heterocycles. The molecule has 2 aromatic carbocycles. The molecule has 1 radical (unpaired) electrons. The van der Waals surface area contributed by atoms with E-state index >= 15 is 0 Å². The maximum absolute atomic E-state index is 3.02. The summed E-state index contributed by atoms with van der Waals surface area (Å²) in [6, 6.07) is 21.5.